The smallest absolute Gasteiger partial charge is 0.118 e. The summed E-state index contributed by atoms with van der Waals surface area (Å²) in [6, 6.07) is 15.9. The lowest BCUT2D eigenvalue weighted by Gasteiger charge is -2.26. The minimum atomic E-state index is 0.534. The predicted molar refractivity (Wildman–Crippen MR) is 91.3 cm³/mol. The maximum absolute atomic E-state index is 5.27. The Kier molecular flexibility index (Phi) is 4.49. The Labute approximate surface area is 133 Å². The van der Waals surface area contributed by atoms with Gasteiger partial charge in [-0.15, -0.1) is 0 Å². The molecule has 0 unspecified atom stereocenters. The summed E-state index contributed by atoms with van der Waals surface area (Å²) in [6.45, 7) is 6.61. The molecule has 1 heterocycles. The molecule has 0 saturated carbocycles. The molecule has 0 amide bonds. The number of benzene rings is 2. The number of methoxy groups -OCH3 is 1. The van der Waals surface area contributed by atoms with Gasteiger partial charge in [-0.3, -0.25) is 4.90 Å². The van der Waals surface area contributed by atoms with Crippen LogP contribution >= 0.6 is 0 Å². The topological polar surface area (TPSA) is 12.5 Å². The summed E-state index contributed by atoms with van der Waals surface area (Å²) in [5.74, 6) is 0.933. The Morgan fingerprint density at radius 1 is 1.09 bits per heavy atom. The second-order valence-electron chi connectivity index (χ2n) is 6.33. The highest BCUT2D eigenvalue weighted by Crippen LogP contribution is 2.34. The van der Waals surface area contributed by atoms with Crippen molar-refractivity contribution >= 4 is 0 Å². The summed E-state index contributed by atoms with van der Waals surface area (Å²) in [6.07, 6.45) is 2.53. The normalized spacial score (nSPS) is 18.6. The third-order valence-electron chi connectivity index (χ3n) is 4.74. The average molecular weight is 295 g/mol. The molecule has 22 heavy (non-hydrogen) atoms. The lowest BCUT2D eigenvalue weighted by molar-refractivity contribution is 0.248. The third-order valence-corrected chi connectivity index (χ3v) is 4.74. The number of hydrogen-bond acceptors (Lipinski definition) is 2. The van der Waals surface area contributed by atoms with Crippen LogP contribution in [0.4, 0.5) is 0 Å². The molecule has 116 valence electrons. The van der Waals surface area contributed by atoms with E-state index in [1.165, 1.54) is 41.6 Å². The van der Waals surface area contributed by atoms with E-state index >= 15 is 0 Å². The van der Waals surface area contributed by atoms with Gasteiger partial charge >= 0.3 is 0 Å². The summed E-state index contributed by atoms with van der Waals surface area (Å²) in [5.41, 5.74) is 5.60. The maximum Gasteiger partial charge on any atom is 0.118 e. The van der Waals surface area contributed by atoms with Crippen molar-refractivity contribution in [2.75, 3.05) is 13.7 Å². The number of aryl methyl sites for hydroxylation is 2. The number of rotatable bonds is 4. The van der Waals surface area contributed by atoms with Crippen LogP contribution in [0.5, 0.6) is 5.75 Å². The van der Waals surface area contributed by atoms with Crippen molar-refractivity contribution < 1.29 is 4.74 Å². The van der Waals surface area contributed by atoms with E-state index in [2.05, 4.69) is 61.2 Å². The Morgan fingerprint density at radius 3 is 2.55 bits per heavy atom. The van der Waals surface area contributed by atoms with Gasteiger partial charge in [-0.2, -0.15) is 0 Å². The van der Waals surface area contributed by atoms with Gasteiger partial charge in [0.1, 0.15) is 5.75 Å². The van der Waals surface area contributed by atoms with E-state index in [1.807, 2.05) is 0 Å². The fourth-order valence-corrected chi connectivity index (χ4v) is 3.46. The summed E-state index contributed by atoms with van der Waals surface area (Å²) < 4.78 is 5.27. The molecule has 1 aliphatic rings. The van der Waals surface area contributed by atoms with E-state index in [0.29, 0.717) is 6.04 Å². The fraction of sp³-hybridized carbons (Fsp3) is 0.400. The highest BCUT2D eigenvalue weighted by Gasteiger charge is 2.26. The van der Waals surface area contributed by atoms with Crippen LogP contribution in [0.25, 0.3) is 0 Å². The Balaban J connectivity index is 1.77. The first-order chi connectivity index (χ1) is 10.7. The maximum atomic E-state index is 5.27. The van der Waals surface area contributed by atoms with Crippen molar-refractivity contribution in [1.29, 1.82) is 0 Å². The number of likely N-dealkylation sites (tertiary alicyclic amines) is 1. The van der Waals surface area contributed by atoms with E-state index in [4.69, 9.17) is 4.74 Å². The van der Waals surface area contributed by atoms with Crippen molar-refractivity contribution in [1.82, 2.24) is 4.90 Å². The van der Waals surface area contributed by atoms with Gasteiger partial charge in [0.25, 0.3) is 0 Å². The van der Waals surface area contributed by atoms with Gasteiger partial charge in [0.2, 0.25) is 0 Å². The summed E-state index contributed by atoms with van der Waals surface area (Å²) in [4.78, 5) is 2.61. The third kappa shape index (κ3) is 3.17. The highest BCUT2D eigenvalue weighted by molar-refractivity contribution is 5.32. The molecule has 1 saturated heterocycles. The van der Waals surface area contributed by atoms with Crippen LogP contribution in [-0.4, -0.2) is 18.6 Å². The molecule has 0 aliphatic carbocycles. The number of nitrogens with zero attached hydrogens (tertiary/aromatic N) is 1. The van der Waals surface area contributed by atoms with Crippen molar-refractivity contribution in [2.24, 2.45) is 0 Å². The van der Waals surface area contributed by atoms with E-state index < -0.39 is 0 Å². The molecule has 2 heteroatoms. The van der Waals surface area contributed by atoms with Crippen LogP contribution < -0.4 is 4.74 Å². The Bertz CT molecular complexity index is 633. The molecule has 0 radical (unpaired) electrons. The Morgan fingerprint density at radius 2 is 1.86 bits per heavy atom. The fourth-order valence-electron chi connectivity index (χ4n) is 3.46. The van der Waals surface area contributed by atoms with Crippen molar-refractivity contribution in [3.05, 3.63) is 64.7 Å². The standard InChI is InChI=1S/C20H25NO/c1-15-6-7-18(16(2)13-15)14-21-12-4-5-20(21)17-8-10-19(22-3)11-9-17/h6-11,13,20H,4-5,12,14H2,1-3H3/t20-/m1/s1. The monoisotopic (exact) mass is 295 g/mol. The van der Waals surface area contributed by atoms with Crippen LogP contribution in [-0.2, 0) is 6.54 Å². The van der Waals surface area contributed by atoms with Crippen molar-refractivity contribution in [3.8, 4) is 5.75 Å². The highest BCUT2D eigenvalue weighted by atomic mass is 16.5. The van der Waals surface area contributed by atoms with Gasteiger partial charge < -0.3 is 4.74 Å². The Hall–Kier alpha value is -1.80. The minimum Gasteiger partial charge on any atom is -0.497 e. The van der Waals surface area contributed by atoms with Gasteiger partial charge in [0, 0.05) is 12.6 Å². The average Bonchev–Trinajstić information content (AvgIpc) is 2.98. The summed E-state index contributed by atoms with van der Waals surface area (Å²) in [5, 5.41) is 0. The lowest BCUT2D eigenvalue weighted by atomic mass is 10.0. The van der Waals surface area contributed by atoms with E-state index in [0.717, 1.165) is 12.3 Å². The van der Waals surface area contributed by atoms with Crippen molar-refractivity contribution in [2.45, 2.75) is 39.3 Å². The van der Waals surface area contributed by atoms with Crippen LogP contribution in [0.15, 0.2) is 42.5 Å². The molecular formula is C20H25NO. The van der Waals surface area contributed by atoms with E-state index in [9.17, 15) is 0 Å². The molecule has 2 nitrogen and oxygen atoms in total. The molecule has 2 aromatic rings. The molecule has 0 N–H and O–H groups in total. The van der Waals surface area contributed by atoms with Gasteiger partial charge in [-0.25, -0.2) is 0 Å². The molecule has 0 bridgehead atoms. The first-order valence-corrected chi connectivity index (χ1v) is 8.11. The quantitative estimate of drug-likeness (QED) is 0.814. The first kappa shape index (κ1) is 15.1. The van der Waals surface area contributed by atoms with Crippen LogP contribution in [0, 0.1) is 13.8 Å². The lowest BCUT2D eigenvalue weighted by Crippen LogP contribution is -2.23. The minimum absolute atomic E-state index is 0.534. The van der Waals surface area contributed by atoms with Crippen molar-refractivity contribution in [3.63, 3.8) is 0 Å². The molecule has 0 spiro atoms. The molecule has 3 rings (SSSR count). The molecule has 1 aliphatic heterocycles. The van der Waals surface area contributed by atoms with Crippen LogP contribution in [0.1, 0.15) is 41.1 Å². The van der Waals surface area contributed by atoms with E-state index in [1.54, 1.807) is 7.11 Å². The zero-order chi connectivity index (χ0) is 15.5. The van der Waals surface area contributed by atoms with Crippen LogP contribution in [0.2, 0.25) is 0 Å². The first-order valence-electron chi connectivity index (χ1n) is 8.11. The second kappa shape index (κ2) is 6.53. The molecular weight excluding hydrogens is 270 g/mol. The molecule has 2 aromatic carbocycles. The number of hydrogen-bond donors (Lipinski definition) is 0. The molecule has 1 atom stereocenters. The summed E-state index contributed by atoms with van der Waals surface area (Å²) >= 11 is 0. The summed E-state index contributed by atoms with van der Waals surface area (Å²) in [7, 11) is 1.72. The van der Waals surface area contributed by atoms with E-state index in [-0.39, 0.29) is 0 Å². The SMILES string of the molecule is COc1ccc([C@H]2CCCN2Cc2ccc(C)cc2C)cc1. The van der Waals surface area contributed by atoms with Gasteiger partial charge in [0.15, 0.2) is 0 Å². The predicted octanol–water partition coefficient (Wildman–Crippen LogP) is 4.65. The van der Waals surface area contributed by atoms with Crippen LogP contribution in [0.3, 0.4) is 0 Å². The van der Waals surface area contributed by atoms with Gasteiger partial charge in [0.05, 0.1) is 7.11 Å². The second-order valence-corrected chi connectivity index (χ2v) is 6.33. The largest absolute Gasteiger partial charge is 0.497 e. The molecule has 1 fully saturated rings. The number of ether oxygens (including phenoxy) is 1. The van der Waals surface area contributed by atoms with Gasteiger partial charge in [-0.1, -0.05) is 35.9 Å². The zero-order valence-electron chi connectivity index (χ0n) is 13.8. The zero-order valence-corrected chi connectivity index (χ0v) is 13.8. The van der Waals surface area contributed by atoms with Gasteiger partial charge in [-0.05, 0) is 62.1 Å². The molecule has 0 aromatic heterocycles.